The van der Waals surface area contributed by atoms with E-state index in [9.17, 15) is 5.11 Å². The molecule has 2 rings (SSSR count). The van der Waals surface area contributed by atoms with Crippen LogP contribution >= 0.6 is 22.6 Å². The molecule has 0 amide bonds. The van der Waals surface area contributed by atoms with Gasteiger partial charge in [-0.25, -0.2) is 4.98 Å². The molecule has 1 aromatic heterocycles. The summed E-state index contributed by atoms with van der Waals surface area (Å²) in [6.45, 7) is 2.96. The largest absolute Gasteiger partial charge is 0.388 e. The van der Waals surface area contributed by atoms with Gasteiger partial charge in [0.15, 0.2) is 0 Å². The maximum absolute atomic E-state index is 10.1. The number of hydrogen-bond donors (Lipinski definition) is 1. The van der Waals surface area contributed by atoms with Gasteiger partial charge < -0.3 is 9.67 Å². The molecule has 1 N–H and O–H groups in total. The Labute approximate surface area is 115 Å². The third-order valence-corrected chi connectivity index (χ3v) is 3.49. The van der Waals surface area contributed by atoms with E-state index in [0.29, 0.717) is 6.42 Å². The van der Waals surface area contributed by atoms with Crippen LogP contribution in [0.25, 0.3) is 0 Å². The number of aliphatic hydroxyl groups excluding tert-OH is 1. The fourth-order valence-electron chi connectivity index (χ4n) is 1.79. The predicted molar refractivity (Wildman–Crippen MR) is 75.7 cm³/mol. The second kappa shape index (κ2) is 5.64. The zero-order chi connectivity index (χ0) is 12.3. The van der Waals surface area contributed by atoms with Gasteiger partial charge in [0, 0.05) is 28.9 Å². The second-order valence-corrected chi connectivity index (χ2v) is 5.15. The molecule has 1 aromatic carbocycles. The first-order chi connectivity index (χ1) is 8.20. The van der Waals surface area contributed by atoms with Crippen LogP contribution in [0.4, 0.5) is 0 Å². The first-order valence-corrected chi connectivity index (χ1v) is 6.72. The van der Waals surface area contributed by atoms with Gasteiger partial charge >= 0.3 is 0 Å². The lowest BCUT2D eigenvalue weighted by Crippen LogP contribution is -2.08. The van der Waals surface area contributed by atoms with Crippen LogP contribution in [0.15, 0.2) is 36.7 Å². The highest BCUT2D eigenvalue weighted by atomic mass is 127. The molecule has 0 saturated carbocycles. The number of aliphatic hydroxyl groups is 1. The summed E-state index contributed by atoms with van der Waals surface area (Å²) in [6, 6.07) is 7.94. The molecule has 0 spiro atoms. The third-order valence-electron chi connectivity index (χ3n) is 2.77. The Morgan fingerprint density at radius 2 is 2.06 bits per heavy atom. The molecule has 17 heavy (non-hydrogen) atoms. The van der Waals surface area contributed by atoms with Gasteiger partial charge in [-0.15, -0.1) is 0 Å². The van der Waals surface area contributed by atoms with Gasteiger partial charge in [0.2, 0.25) is 0 Å². The molecule has 3 nitrogen and oxygen atoms in total. The molecule has 4 heteroatoms. The topological polar surface area (TPSA) is 38.0 Å². The van der Waals surface area contributed by atoms with E-state index in [1.54, 1.807) is 6.20 Å². The molecule has 0 saturated heterocycles. The minimum absolute atomic E-state index is 0.486. The van der Waals surface area contributed by atoms with Crippen molar-refractivity contribution < 1.29 is 5.11 Å². The summed E-state index contributed by atoms with van der Waals surface area (Å²) in [5.74, 6) is 0.929. The van der Waals surface area contributed by atoms with Gasteiger partial charge in [-0.3, -0.25) is 0 Å². The highest BCUT2D eigenvalue weighted by molar-refractivity contribution is 14.1. The molecule has 0 radical (unpaired) electrons. The van der Waals surface area contributed by atoms with Crippen molar-refractivity contribution in [3.05, 3.63) is 51.6 Å². The van der Waals surface area contributed by atoms with E-state index >= 15 is 0 Å². The summed E-state index contributed by atoms with van der Waals surface area (Å²) in [7, 11) is 0. The van der Waals surface area contributed by atoms with Crippen LogP contribution in [0.2, 0.25) is 0 Å². The number of benzene rings is 1. The van der Waals surface area contributed by atoms with E-state index in [1.807, 2.05) is 30.5 Å². The van der Waals surface area contributed by atoms with Crippen molar-refractivity contribution in [1.82, 2.24) is 9.55 Å². The lowest BCUT2D eigenvalue weighted by atomic mass is 10.1. The summed E-state index contributed by atoms with van der Waals surface area (Å²) in [5, 5.41) is 10.1. The average molecular weight is 342 g/mol. The first-order valence-electron chi connectivity index (χ1n) is 5.64. The molecule has 2 aromatic rings. The van der Waals surface area contributed by atoms with Crippen LogP contribution in [-0.4, -0.2) is 14.7 Å². The van der Waals surface area contributed by atoms with Crippen molar-refractivity contribution in [3.8, 4) is 0 Å². The Kier molecular flexibility index (Phi) is 4.17. The summed E-state index contributed by atoms with van der Waals surface area (Å²) in [5.41, 5.74) is 0.941. The van der Waals surface area contributed by atoms with E-state index in [4.69, 9.17) is 0 Å². The molecule has 0 aliphatic heterocycles. The molecule has 90 valence electrons. The van der Waals surface area contributed by atoms with Crippen LogP contribution < -0.4 is 0 Å². The Morgan fingerprint density at radius 1 is 1.35 bits per heavy atom. The first kappa shape index (κ1) is 12.6. The second-order valence-electron chi connectivity index (χ2n) is 3.90. The maximum atomic E-state index is 10.1. The van der Waals surface area contributed by atoms with Crippen molar-refractivity contribution in [2.75, 3.05) is 0 Å². The van der Waals surface area contributed by atoms with Crippen LogP contribution in [0, 0.1) is 3.57 Å². The van der Waals surface area contributed by atoms with Gasteiger partial charge in [0.1, 0.15) is 5.82 Å². The summed E-state index contributed by atoms with van der Waals surface area (Å²) in [4.78, 5) is 4.27. The smallest absolute Gasteiger partial charge is 0.111 e. The number of aryl methyl sites for hydroxylation is 1. The molecule has 0 bridgehead atoms. The van der Waals surface area contributed by atoms with Gasteiger partial charge in [-0.1, -0.05) is 12.1 Å². The molecule has 0 aliphatic carbocycles. The number of halogens is 1. The van der Waals surface area contributed by atoms with E-state index in [1.165, 1.54) is 3.57 Å². The molecule has 1 atom stereocenters. The normalized spacial score (nSPS) is 12.6. The van der Waals surface area contributed by atoms with Crippen LogP contribution in [0.1, 0.15) is 24.4 Å². The Hall–Kier alpha value is -0.880. The van der Waals surface area contributed by atoms with E-state index in [2.05, 4.69) is 39.1 Å². The van der Waals surface area contributed by atoms with Crippen molar-refractivity contribution in [2.45, 2.75) is 26.0 Å². The number of imidazole rings is 1. The Balaban J connectivity index is 2.11. The molecular weight excluding hydrogens is 327 g/mol. The zero-order valence-electron chi connectivity index (χ0n) is 9.68. The van der Waals surface area contributed by atoms with E-state index in [-0.39, 0.29) is 0 Å². The zero-order valence-corrected chi connectivity index (χ0v) is 11.8. The highest BCUT2D eigenvalue weighted by Crippen LogP contribution is 2.18. The predicted octanol–water partition coefficient (Wildman–Crippen LogP) is 2.78. The summed E-state index contributed by atoms with van der Waals surface area (Å²) >= 11 is 2.26. The standard InChI is InChI=1S/C13H15IN2O/c1-2-16-8-7-15-13(16)9-12(17)10-3-5-11(14)6-4-10/h3-8,12,17H,2,9H2,1H3. The lowest BCUT2D eigenvalue weighted by Gasteiger charge is -2.11. The van der Waals surface area contributed by atoms with Crippen molar-refractivity contribution >= 4 is 22.6 Å². The van der Waals surface area contributed by atoms with Crippen molar-refractivity contribution in [2.24, 2.45) is 0 Å². The van der Waals surface area contributed by atoms with Crippen molar-refractivity contribution in [1.29, 1.82) is 0 Å². The monoisotopic (exact) mass is 342 g/mol. The minimum Gasteiger partial charge on any atom is -0.388 e. The fraction of sp³-hybridized carbons (Fsp3) is 0.308. The SMILES string of the molecule is CCn1ccnc1CC(O)c1ccc(I)cc1. The Bertz CT molecular complexity index is 478. The average Bonchev–Trinajstić information content (AvgIpc) is 2.77. The molecular formula is C13H15IN2O. The number of hydrogen-bond acceptors (Lipinski definition) is 2. The maximum Gasteiger partial charge on any atom is 0.111 e. The van der Waals surface area contributed by atoms with Crippen LogP contribution in [0.5, 0.6) is 0 Å². The van der Waals surface area contributed by atoms with Gasteiger partial charge in [-0.05, 0) is 47.2 Å². The van der Waals surface area contributed by atoms with Crippen LogP contribution in [0.3, 0.4) is 0 Å². The summed E-state index contributed by atoms with van der Waals surface area (Å²) < 4.78 is 3.23. The molecule has 1 heterocycles. The molecule has 1 unspecified atom stereocenters. The quantitative estimate of drug-likeness (QED) is 0.868. The molecule has 0 fully saturated rings. The van der Waals surface area contributed by atoms with Crippen LogP contribution in [-0.2, 0) is 13.0 Å². The third kappa shape index (κ3) is 3.07. The lowest BCUT2D eigenvalue weighted by molar-refractivity contribution is 0.174. The number of nitrogens with zero attached hydrogens (tertiary/aromatic N) is 2. The van der Waals surface area contributed by atoms with E-state index in [0.717, 1.165) is 17.9 Å². The Morgan fingerprint density at radius 3 is 2.71 bits per heavy atom. The number of aromatic nitrogens is 2. The van der Waals surface area contributed by atoms with Gasteiger partial charge in [0.25, 0.3) is 0 Å². The van der Waals surface area contributed by atoms with Gasteiger partial charge in [-0.2, -0.15) is 0 Å². The van der Waals surface area contributed by atoms with Gasteiger partial charge in [0.05, 0.1) is 6.10 Å². The fourth-order valence-corrected chi connectivity index (χ4v) is 2.15. The highest BCUT2D eigenvalue weighted by Gasteiger charge is 2.11. The number of rotatable bonds is 4. The molecule has 0 aliphatic rings. The van der Waals surface area contributed by atoms with E-state index < -0.39 is 6.10 Å². The minimum atomic E-state index is -0.486. The van der Waals surface area contributed by atoms with Crippen molar-refractivity contribution in [3.63, 3.8) is 0 Å². The summed E-state index contributed by atoms with van der Waals surface area (Å²) in [6.07, 6.45) is 3.79.